The van der Waals surface area contributed by atoms with E-state index in [1.807, 2.05) is 18.4 Å². The van der Waals surface area contributed by atoms with Crippen LogP contribution in [-0.2, 0) is 16.1 Å². The third kappa shape index (κ3) is 5.30. The summed E-state index contributed by atoms with van der Waals surface area (Å²) >= 11 is 1.27. The van der Waals surface area contributed by atoms with Gasteiger partial charge in [0.25, 0.3) is 0 Å². The number of anilines is 1. The summed E-state index contributed by atoms with van der Waals surface area (Å²) < 4.78 is 6.90. The van der Waals surface area contributed by atoms with Crippen LogP contribution in [0.2, 0.25) is 0 Å². The van der Waals surface area contributed by atoms with Crippen molar-refractivity contribution in [3.05, 3.63) is 35.7 Å². The number of amides is 1. The normalized spacial score (nSPS) is 10.9. The number of carbonyl (C=O) groups excluding carboxylic acids is 1. The van der Waals surface area contributed by atoms with Crippen molar-refractivity contribution >= 4 is 29.3 Å². The van der Waals surface area contributed by atoms with Gasteiger partial charge in [-0.25, -0.2) is 4.79 Å². The van der Waals surface area contributed by atoms with E-state index in [-0.39, 0.29) is 29.9 Å². The lowest BCUT2D eigenvalue weighted by molar-refractivity contribution is -0.113. The zero-order chi connectivity index (χ0) is 18.4. The number of thioether (sulfide) groups is 1. The molecule has 0 aliphatic rings. The van der Waals surface area contributed by atoms with Crippen molar-refractivity contribution in [2.75, 3.05) is 18.2 Å². The molecule has 0 radical (unpaired) electrons. The number of hydrogen-bond donors (Lipinski definition) is 2. The predicted octanol–water partition coefficient (Wildman–Crippen LogP) is 2.43. The Kier molecular flexibility index (Phi) is 6.54. The topological polar surface area (TPSA) is 106 Å². The van der Waals surface area contributed by atoms with Crippen molar-refractivity contribution in [3.63, 3.8) is 0 Å². The van der Waals surface area contributed by atoms with E-state index in [1.165, 1.54) is 31.0 Å². The number of carbonyl (C=O) groups is 2. The van der Waals surface area contributed by atoms with E-state index in [1.54, 1.807) is 12.4 Å². The van der Waals surface area contributed by atoms with Gasteiger partial charge < -0.3 is 19.7 Å². The molecule has 8 nitrogen and oxygen atoms in total. The van der Waals surface area contributed by atoms with Gasteiger partial charge in [-0.2, -0.15) is 0 Å². The maximum atomic E-state index is 12.2. The molecule has 1 amide bonds. The van der Waals surface area contributed by atoms with Gasteiger partial charge in [0.2, 0.25) is 5.91 Å². The fourth-order valence-electron chi connectivity index (χ4n) is 2.15. The number of methoxy groups -OCH3 is 1. The van der Waals surface area contributed by atoms with Crippen LogP contribution in [0.4, 0.5) is 5.69 Å². The molecule has 1 aromatic heterocycles. The standard InChI is InChI=1S/C16H20N4O4S/c1-10(2)20-9-17-19-16(20)25-8-14(21)18-13-5-11(7-24-3)4-12(6-13)15(22)23/h4-6,9-10H,7-8H2,1-3H3,(H,18,21)(H,22,23). The Hall–Kier alpha value is -2.39. The van der Waals surface area contributed by atoms with Gasteiger partial charge in [-0.3, -0.25) is 4.79 Å². The Morgan fingerprint density at radius 2 is 2.12 bits per heavy atom. The molecule has 0 saturated heterocycles. The van der Waals surface area contributed by atoms with Gasteiger partial charge in [0.15, 0.2) is 5.16 Å². The van der Waals surface area contributed by atoms with E-state index in [2.05, 4.69) is 15.5 Å². The Bertz CT molecular complexity index is 760. The molecule has 0 aliphatic carbocycles. The van der Waals surface area contributed by atoms with E-state index < -0.39 is 5.97 Å². The Morgan fingerprint density at radius 1 is 1.36 bits per heavy atom. The van der Waals surface area contributed by atoms with Gasteiger partial charge in [0.05, 0.1) is 17.9 Å². The highest BCUT2D eigenvalue weighted by molar-refractivity contribution is 7.99. The summed E-state index contributed by atoms with van der Waals surface area (Å²) in [7, 11) is 1.52. The Labute approximate surface area is 149 Å². The number of carboxylic acid groups (broad SMARTS) is 1. The molecule has 2 rings (SSSR count). The highest BCUT2D eigenvalue weighted by atomic mass is 32.2. The molecule has 0 unspecified atom stereocenters. The zero-order valence-electron chi connectivity index (χ0n) is 14.2. The molecule has 1 heterocycles. The zero-order valence-corrected chi connectivity index (χ0v) is 15.0. The number of carboxylic acids is 1. The molecule has 0 atom stereocenters. The molecule has 1 aromatic carbocycles. The maximum absolute atomic E-state index is 12.2. The maximum Gasteiger partial charge on any atom is 0.335 e. The number of rotatable bonds is 8. The van der Waals surface area contributed by atoms with Crippen molar-refractivity contribution in [1.82, 2.24) is 14.8 Å². The lowest BCUT2D eigenvalue weighted by atomic mass is 10.1. The van der Waals surface area contributed by atoms with Crippen molar-refractivity contribution in [3.8, 4) is 0 Å². The minimum atomic E-state index is -1.06. The number of ether oxygens (including phenoxy) is 1. The van der Waals surface area contributed by atoms with Crippen molar-refractivity contribution < 1.29 is 19.4 Å². The van der Waals surface area contributed by atoms with Crippen LogP contribution < -0.4 is 5.32 Å². The molecule has 2 aromatic rings. The van der Waals surface area contributed by atoms with Crippen LogP contribution in [-0.4, -0.2) is 44.6 Å². The van der Waals surface area contributed by atoms with Gasteiger partial charge >= 0.3 is 5.97 Å². The number of benzene rings is 1. The molecule has 0 bridgehead atoms. The molecule has 25 heavy (non-hydrogen) atoms. The molecular formula is C16H20N4O4S. The molecule has 134 valence electrons. The summed E-state index contributed by atoms with van der Waals surface area (Å²) in [6, 6.07) is 4.82. The average Bonchev–Trinajstić information content (AvgIpc) is 3.01. The second kappa shape index (κ2) is 8.63. The van der Waals surface area contributed by atoms with Crippen molar-refractivity contribution in [2.24, 2.45) is 0 Å². The van der Waals surface area contributed by atoms with Crippen molar-refractivity contribution in [1.29, 1.82) is 0 Å². The largest absolute Gasteiger partial charge is 0.478 e. The summed E-state index contributed by atoms with van der Waals surface area (Å²) in [6.45, 7) is 4.26. The lowest BCUT2D eigenvalue weighted by Crippen LogP contribution is -2.15. The quantitative estimate of drug-likeness (QED) is 0.693. The molecule has 0 aliphatic heterocycles. The van der Waals surface area contributed by atoms with E-state index in [0.29, 0.717) is 16.4 Å². The Morgan fingerprint density at radius 3 is 2.76 bits per heavy atom. The number of aromatic nitrogens is 3. The number of aromatic carboxylic acids is 1. The van der Waals surface area contributed by atoms with E-state index in [9.17, 15) is 14.7 Å². The Balaban J connectivity index is 2.04. The van der Waals surface area contributed by atoms with E-state index >= 15 is 0 Å². The van der Waals surface area contributed by atoms with Gasteiger partial charge in [-0.15, -0.1) is 10.2 Å². The molecule has 0 saturated carbocycles. The highest BCUT2D eigenvalue weighted by Crippen LogP contribution is 2.20. The van der Waals surface area contributed by atoms with Crippen LogP contribution in [0.1, 0.15) is 35.8 Å². The minimum absolute atomic E-state index is 0.0945. The molecular weight excluding hydrogens is 344 g/mol. The summed E-state index contributed by atoms with van der Waals surface area (Å²) in [4.78, 5) is 23.4. The van der Waals surface area contributed by atoms with Crippen LogP contribution in [0.3, 0.4) is 0 Å². The first kappa shape index (κ1) is 18.9. The highest BCUT2D eigenvalue weighted by Gasteiger charge is 2.12. The fourth-order valence-corrected chi connectivity index (χ4v) is 3.00. The number of nitrogens with one attached hydrogen (secondary N) is 1. The van der Waals surface area contributed by atoms with Crippen LogP contribution in [0.5, 0.6) is 0 Å². The van der Waals surface area contributed by atoms with Crippen LogP contribution in [0.15, 0.2) is 29.7 Å². The minimum Gasteiger partial charge on any atom is -0.478 e. The molecule has 2 N–H and O–H groups in total. The molecule has 0 spiro atoms. The first-order chi connectivity index (χ1) is 11.9. The van der Waals surface area contributed by atoms with Gasteiger partial charge in [0, 0.05) is 18.8 Å². The first-order valence-corrected chi connectivity index (χ1v) is 8.57. The SMILES string of the molecule is COCc1cc(NC(=O)CSc2nncn2C(C)C)cc(C(=O)O)c1. The van der Waals surface area contributed by atoms with Crippen molar-refractivity contribution in [2.45, 2.75) is 31.7 Å². The van der Waals surface area contributed by atoms with Gasteiger partial charge in [0.1, 0.15) is 6.33 Å². The van der Waals surface area contributed by atoms with E-state index in [0.717, 1.165) is 0 Å². The molecule has 9 heteroatoms. The third-order valence-electron chi connectivity index (χ3n) is 3.26. The fraction of sp³-hybridized carbons (Fsp3) is 0.375. The monoisotopic (exact) mass is 364 g/mol. The van der Waals surface area contributed by atoms with E-state index in [4.69, 9.17) is 4.74 Å². The lowest BCUT2D eigenvalue weighted by Gasteiger charge is -2.10. The summed E-state index contributed by atoms with van der Waals surface area (Å²) in [5.74, 6) is -1.18. The average molecular weight is 364 g/mol. The second-order valence-corrected chi connectivity index (χ2v) is 6.55. The number of hydrogen-bond acceptors (Lipinski definition) is 6. The first-order valence-electron chi connectivity index (χ1n) is 7.59. The van der Waals surface area contributed by atoms with Crippen LogP contribution >= 0.6 is 11.8 Å². The summed E-state index contributed by atoms with van der Waals surface area (Å²) in [5.41, 5.74) is 1.19. The van der Waals surface area contributed by atoms with Gasteiger partial charge in [-0.05, 0) is 37.6 Å². The number of nitrogens with zero attached hydrogens (tertiary/aromatic N) is 3. The third-order valence-corrected chi connectivity index (χ3v) is 4.22. The van der Waals surface area contributed by atoms with Crippen LogP contribution in [0, 0.1) is 0 Å². The second-order valence-electron chi connectivity index (χ2n) is 5.61. The predicted molar refractivity (Wildman–Crippen MR) is 93.9 cm³/mol. The summed E-state index contributed by atoms with van der Waals surface area (Å²) in [6.07, 6.45) is 1.62. The smallest absolute Gasteiger partial charge is 0.335 e. The van der Waals surface area contributed by atoms with Gasteiger partial charge in [-0.1, -0.05) is 11.8 Å². The molecule has 0 fully saturated rings. The summed E-state index contributed by atoms with van der Waals surface area (Å²) in [5, 5.41) is 20.4. The van der Waals surface area contributed by atoms with Crippen LogP contribution in [0.25, 0.3) is 0 Å².